The number of sulfonamides is 1. The van der Waals surface area contributed by atoms with Crippen molar-refractivity contribution in [2.75, 3.05) is 13.3 Å². The van der Waals surface area contributed by atoms with Crippen molar-refractivity contribution in [1.82, 2.24) is 9.62 Å². The van der Waals surface area contributed by atoms with Gasteiger partial charge >= 0.3 is 0 Å². The maximum absolute atomic E-state index is 13.3. The molecule has 0 radical (unpaired) electrons. The lowest BCUT2D eigenvalue weighted by molar-refractivity contribution is -0.124. The fourth-order valence-electron chi connectivity index (χ4n) is 4.11. The van der Waals surface area contributed by atoms with Gasteiger partial charge in [-0.3, -0.25) is 4.79 Å². The number of rotatable bonds is 5. The molecule has 0 aromatic heterocycles. The van der Waals surface area contributed by atoms with Crippen molar-refractivity contribution in [3.63, 3.8) is 0 Å². The van der Waals surface area contributed by atoms with E-state index in [1.165, 1.54) is 4.31 Å². The second-order valence-electron chi connectivity index (χ2n) is 7.69. The molecule has 1 fully saturated rings. The molecule has 1 atom stereocenters. The van der Waals surface area contributed by atoms with E-state index >= 15 is 0 Å². The van der Waals surface area contributed by atoms with Crippen LogP contribution >= 0.6 is 0 Å². The summed E-state index contributed by atoms with van der Waals surface area (Å²) in [7, 11) is -3.78. The Bertz CT molecular complexity index is 1260. The van der Waals surface area contributed by atoms with Crippen LogP contribution in [0.5, 0.6) is 11.5 Å². The van der Waals surface area contributed by atoms with Crippen LogP contribution in [0.2, 0.25) is 0 Å². The number of nitrogens with one attached hydrogen (secondary N) is 1. The summed E-state index contributed by atoms with van der Waals surface area (Å²) in [5.41, 5.74) is 0.861. The van der Waals surface area contributed by atoms with Crippen molar-refractivity contribution in [2.45, 2.75) is 30.3 Å². The summed E-state index contributed by atoms with van der Waals surface area (Å²) < 4.78 is 38.6. The lowest BCUT2D eigenvalue weighted by Gasteiger charge is -2.23. The largest absolute Gasteiger partial charge is 0.454 e. The summed E-state index contributed by atoms with van der Waals surface area (Å²) in [6, 6.07) is 17.4. The molecule has 3 aromatic carbocycles. The summed E-state index contributed by atoms with van der Waals surface area (Å²) in [4.78, 5) is 13.1. The number of hydrogen-bond acceptors (Lipinski definition) is 5. The number of amides is 1. The minimum absolute atomic E-state index is 0.189. The highest BCUT2D eigenvalue weighted by atomic mass is 32.2. The van der Waals surface area contributed by atoms with E-state index in [1.54, 1.807) is 24.3 Å². The number of nitrogens with zero attached hydrogens (tertiary/aromatic N) is 1. The van der Waals surface area contributed by atoms with Crippen LogP contribution in [-0.2, 0) is 21.4 Å². The summed E-state index contributed by atoms with van der Waals surface area (Å²) in [5, 5.41) is 4.70. The molecule has 0 saturated carbocycles. The molecule has 2 heterocycles. The van der Waals surface area contributed by atoms with E-state index in [4.69, 9.17) is 9.47 Å². The lowest BCUT2D eigenvalue weighted by Crippen LogP contribution is -2.45. The molecule has 5 rings (SSSR count). The highest BCUT2D eigenvalue weighted by Crippen LogP contribution is 2.32. The molecule has 160 valence electrons. The molecule has 1 unspecified atom stereocenters. The maximum atomic E-state index is 13.3. The van der Waals surface area contributed by atoms with Gasteiger partial charge in [0.1, 0.15) is 6.04 Å². The molecular weight excluding hydrogens is 416 g/mol. The second-order valence-corrected chi connectivity index (χ2v) is 9.58. The SMILES string of the molecule is O=C(NCc1ccc2c(c1)OCO2)C1CCCN1S(=O)(=O)c1ccc2ccccc2c1. The summed E-state index contributed by atoms with van der Waals surface area (Å²) in [6.07, 6.45) is 1.15. The Morgan fingerprint density at radius 1 is 1.00 bits per heavy atom. The predicted molar refractivity (Wildman–Crippen MR) is 115 cm³/mol. The Kier molecular flexibility index (Phi) is 5.03. The highest BCUT2D eigenvalue weighted by molar-refractivity contribution is 7.89. The summed E-state index contributed by atoms with van der Waals surface area (Å²) >= 11 is 0. The van der Waals surface area contributed by atoms with Gasteiger partial charge in [-0.25, -0.2) is 8.42 Å². The molecule has 2 aliphatic heterocycles. The van der Waals surface area contributed by atoms with Gasteiger partial charge in [0.05, 0.1) is 4.90 Å². The van der Waals surface area contributed by atoms with Gasteiger partial charge in [-0.2, -0.15) is 4.31 Å². The summed E-state index contributed by atoms with van der Waals surface area (Å²) in [6.45, 7) is 0.807. The first-order valence-corrected chi connectivity index (χ1v) is 11.6. The monoisotopic (exact) mass is 438 g/mol. The molecule has 1 saturated heterocycles. The van der Waals surface area contributed by atoms with Crippen LogP contribution < -0.4 is 14.8 Å². The van der Waals surface area contributed by atoms with Gasteiger partial charge in [-0.15, -0.1) is 0 Å². The third-order valence-corrected chi connectivity index (χ3v) is 7.64. The molecule has 2 aliphatic rings. The van der Waals surface area contributed by atoms with E-state index in [-0.39, 0.29) is 24.1 Å². The van der Waals surface area contributed by atoms with Crippen LogP contribution in [0.1, 0.15) is 18.4 Å². The Morgan fingerprint density at radius 3 is 2.68 bits per heavy atom. The first kappa shape index (κ1) is 19.8. The first-order valence-electron chi connectivity index (χ1n) is 10.2. The van der Waals surface area contributed by atoms with Crippen LogP contribution in [0, 0.1) is 0 Å². The number of ether oxygens (including phenoxy) is 2. The van der Waals surface area contributed by atoms with Gasteiger partial charge in [0.15, 0.2) is 11.5 Å². The maximum Gasteiger partial charge on any atom is 0.243 e. The van der Waals surface area contributed by atoms with E-state index in [2.05, 4.69) is 5.32 Å². The molecule has 31 heavy (non-hydrogen) atoms. The van der Waals surface area contributed by atoms with Crippen LogP contribution in [0.15, 0.2) is 65.6 Å². The molecule has 1 N–H and O–H groups in total. The molecular formula is C23H22N2O5S. The zero-order chi connectivity index (χ0) is 21.4. The van der Waals surface area contributed by atoms with Gasteiger partial charge in [-0.1, -0.05) is 36.4 Å². The minimum atomic E-state index is -3.78. The van der Waals surface area contributed by atoms with Crippen molar-refractivity contribution in [3.05, 3.63) is 66.2 Å². The van der Waals surface area contributed by atoms with Crippen molar-refractivity contribution in [3.8, 4) is 11.5 Å². The van der Waals surface area contributed by atoms with Crippen LogP contribution in [0.4, 0.5) is 0 Å². The van der Waals surface area contributed by atoms with Gasteiger partial charge in [0.2, 0.25) is 22.7 Å². The Balaban J connectivity index is 1.32. The van der Waals surface area contributed by atoms with E-state index in [9.17, 15) is 13.2 Å². The number of benzene rings is 3. The smallest absolute Gasteiger partial charge is 0.243 e. The van der Waals surface area contributed by atoms with Crippen LogP contribution in [0.25, 0.3) is 10.8 Å². The molecule has 0 bridgehead atoms. The molecule has 0 aliphatic carbocycles. The zero-order valence-corrected chi connectivity index (χ0v) is 17.6. The van der Waals surface area contributed by atoms with Crippen molar-refractivity contribution < 1.29 is 22.7 Å². The average molecular weight is 439 g/mol. The Hall–Kier alpha value is -3.10. The number of hydrogen-bond donors (Lipinski definition) is 1. The number of carbonyl (C=O) groups is 1. The number of fused-ring (bicyclic) bond motifs is 2. The third kappa shape index (κ3) is 3.73. The molecule has 1 amide bonds. The fraction of sp³-hybridized carbons (Fsp3) is 0.261. The molecule has 7 nitrogen and oxygen atoms in total. The van der Waals surface area contributed by atoms with Crippen LogP contribution in [-0.4, -0.2) is 38.0 Å². The Labute approximate surface area is 180 Å². The molecule has 0 spiro atoms. The van der Waals surface area contributed by atoms with Crippen molar-refractivity contribution in [2.24, 2.45) is 0 Å². The van der Waals surface area contributed by atoms with Crippen molar-refractivity contribution in [1.29, 1.82) is 0 Å². The molecule has 8 heteroatoms. The van der Waals surface area contributed by atoms with Crippen LogP contribution in [0.3, 0.4) is 0 Å². The quantitative estimate of drug-likeness (QED) is 0.662. The van der Waals surface area contributed by atoms with Gasteiger partial charge in [0, 0.05) is 13.1 Å². The normalized spacial score (nSPS) is 18.4. The second kappa shape index (κ2) is 7.86. The van der Waals surface area contributed by atoms with Gasteiger partial charge < -0.3 is 14.8 Å². The third-order valence-electron chi connectivity index (χ3n) is 5.74. The van der Waals surface area contributed by atoms with E-state index in [1.807, 2.05) is 36.4 Å². The summed E-state index contributed by atoms with van der Waals surface area (Å²) in [5.74, 6) is 1.03. The van der Waals surface area contributed by atoms with Crippen molar-refractivity contribution >= 4 is 26.7 Å². The highest BCUT2D eigenvalue weighted by Gasteiger charge is 2.39. The first-order chi connectivity index (χ1) is 15.0. The standard InChI is InChI=1S/C23H22N2O5S/c26-23(24-14-16-7-10-21-22(12-16)30-15-29-21)20-6-3-11-25(20)31(27,28)19-9-8-17-4-1-2-5-18(17)13-19/h1-2,4-5,7-10,12-13,20H,3,6,11,14-15H2,(H,24,26). The zero-order valence-electron chi connectivity index (χ0n) is 16.8. The average Bonchev–Trinajstić information content (AvgIpc) is 3.46. The van der Waals surface area contributed by atoms with E-state index in [0.29, 0.717) is 30.9 Å². The van der Waals surface area contributed by atoms with E-state index in [0.717, 1.165) is 16.3 Å². The fourth-order valence-corrected chi connectivity index (χ4v) is 5.80. The predicted octanol–water partition coefficient (Wildman–Crippen LogP) is 3.04. The molecule has 3 aromatic rings. The minimum Gasteiger partial charge on any atom is -0.454 e. The topological polar surface area (TPSA) is 84.9 Å². The Morgan fingerprint density at radius 2 is 1.81 bits per heavy atom. The van der Waals surface area contributed by atoms with Gasteiger partial charge in [-0.05, 0) is 53.4 Å². The van der Waals surface area contributed by atoms with E-state index < -0.39 is 16.1 Å². The van der Waals surface area contributed by atoms with Gasteiger partial charge in [0.25, 0.3) is 0 Å². The lowest BCUT2D eigenvalue weighted by atomic mass is 10.1. The number of carbonyl (C=O) groups excluding carboxylic acids is 1.